The molecule has 2 unspecified atom stereocenters. The minimum atomic E-state index is -1.57. The number of rotatable bonds is 4. The standard InChI is InChI=1S/C18H17N5O3S/c1-24-15-14(21)13(11(7-20)18(22,26-3)16(15)25-2)12-5-10-4-9(6-19)8-23-17(10)27-12/h4-5,8,11H,21-22H2,1-3H3. The maximum Gasteiger partial charge on any atom is 0.198 e. The first-order chi connectivity index (χ1) is 12.9. The van der Waals surface area contributed by atoms with Gasteiger partial charge < -0.3 is 19.9 Å². The van der Waals surface area contributed by atoms with E-state index >= 15 is 0 Å². The van der Waals surface area contributed by atoms with Gasteiger partial charge in [0.25, 0.3) is 0 Å². The molecule has 0 aromatic carbocycles. The second-order valence-corrected chi connectivity index (χ2v) is 6.82. The molecular formula is C18H17N5O3S. The number of ether oxygens (including phenoxy) is 3. The van der Waals surface area contributed by atoms with Gasteiger partial charge in [0.15, 0.2) is 17.2 Å². The number of nitriles is 2. The molecule has 2 atom stereocenters. The summed E-state index contributed by atoms with van der Waals surface area (Å²) in [5.74, 6) is -0.586. The molecule has 0 amide bonds. The largest absolute Gasteiger partial charge is 0.493 e. The van der Waals surface area contributed by atoms with Gasteiger partial charge in [0.05, 0.1) is 31.5 Å². The molecule has 0 spiro atoms. The Kier molecular flexibility index (Phi) is 4.77. The van der Waals surface area contributed by atoms with Gasteiger partial charge >= 0.3 is 0 Å². The Morgan fingerprint density at radius 1 is 1.22 bits per heavy atom. The molecule has 2 aromatic heterocycles. The number of methoxy groups -OCH3 is 3. The van der Waals surface area contributed by atoms with E-state index in [2.05, 4.69) is 17.1 Å². The third kappa shape index (κ3) is 2.69. The molecule has 0 fully saturated rings. The molecule has 4 N–H and O–H groups in total. The second-order valence-electron chi connectivity index (χ2n) is 5.79. The second kappa shape index (κ2) is 6.89. The van der Waals surface area contributed by atoms with Crippen LogP contribution in [-0.2, 0) is 14.2 Å². The fourth-order valence-corrected chi connectivity index (χ4v) is 4.22. The molecule has 1 aliphatic rings. The van der Waals surface area contributed by atoms with Crippen LogP contribution >= 0.6 is 11.3 Å². The lowest BCUT2D eigenvalue weighted by atomic mass is 9.81. The third-order valence-corrected chi connectivity index (χ3v) is 5.55. The summed E-state index contributed by atoms with van der Waals surface area (Å²) in [5.41, 5.74) is 12.3. The SMILES string of the molecule is COC1=C(OC)C(N)(OC)C(C#N)C(c2cc3cc(C#N)cnc3s2)=C1N. The molecule has 2 aromatic rings. The monoisotopic (exact) mass is 383 g/mol. The van der Waals surface area contributed by atoms with Gasteiger partial charge in [0, 0.05) is 29.1 Å². The number of hydrogen-bond donors (Lipinski definition) is 2. The van der Waals surface area contributed by atoms with E-state index in [0.29, 0.717) is 20.8 Å². The molecule has 27 heavy (non-hydrogen) atoms. The van der Waals surface area contributed by atoms with Crippen LogP contribution < -0.4 is 11.5 Å². The van der Waals surface area contributed by atoms with Gasteiger partial charge in [-0.15, -0.1) is 11.3 Å². The van der Waals surface area contributed by atoms with Gasteiger partial charge in [0.1, 0.15) is 16.8 Å². The maximum absolute atomic E-state index is 9.86. The summed E-state index contributed by atoms with van der Waals surface area (Å²) in [7, 11) is 4.24. The summed E-state index contributed by atoms with van der Waals surface area (Å²) in [6, 6.07) is 7.78. The Morgan fingerprint density at radius 2 is 1.96 bits per heavy atom. The van der Waals surface area contributed by atoms with Crippen LogP contribution in [0.25, 0.3) is 15.8 Å². The first-order valence-corrected chi connectivity index (χ1v) is 8.63. The molecular weight excluding hydrogens is 366 g/mol. The average Bonchev–Trinajstić information content (AvgIpc) is 3.10. The van der Waals surface area contributed by atoms with E-state index in [1.165, 1.54) is 38.9 Å². The first-order valence-electron chi connectivity index (χ1n) is 7.81. The summed E-state index contributed by atoms with van der Waals surface area (Å²) < 4.78 is 16.3. The number of thiophene rings is 1. The molecule has 0 aliphatic heterocycles. The van der Waals surface area contributed by atoms with E-state index in [-0.39, 0.29) is 17.2 Å². The van der Waals surface area contributed by atoms with Crippen molar-refractivity contribution in [2.75, 3.05) is 21.3 Å². The highest BCUT2D eigenvalue weighted by atomic mass is 32.1. The van der Waals surface area contributed by atoms with Crippen LogP contribution in [0, 0.1) is 28.6 Å². The molecule has 1 aliphatic carbocycles. The van der Waals surface area contributed by atoms with Gasteiger partial charge in [-0.05, 0) is 12.1 Å². The van der Waals surface area contributed by atoms with Crippen molar-refractivity contribution in [3.63, 3.8) is 0 Å². The predicted octanol–water partition coefficient (Wildman–Crippen LogP) is 1.80. The van der Waals surface area contributed by atoms with E-state index in [9.17, 15) is 5.26 Å². The molecule has 2 heterocycles. The molecule has 3 rings (SSSR count). The van der Waals surface area contributed by atoms with E-state index in [1.54, 1.807) is 6.07 Å². The predicted molar refractivity (Wildman–Crippen MR) is 99.5 cm³/mol. The van der Waals surface area contributed by atoms with Crippen molar-refractivity contribution in [1.29, 1.82) is 10.5 Å². The van der Waals surface area contributed by atoms with Crippen LogP contribution in [0.5, 0.6) is 0 Å². The molecule has 0 bridgehead atoms. The van der Waals surface area contributed by atoms with Crippen molar-refractivity contribution >= 4 is 27.1 Å². The summed E-state index contributed by atoms with van der Waals surface area (Å²) >= 11 is 1.34. The summed E-state index contributed by atoms with van der Waals surface area (Å²) in [6.07, 6.45) is 1.49. The Bertz CT molecular complexity index is 1060. The molecule has 0 saturated carbocycles. The third-order valence-electron chi connectivity index (χ3n) is 4.46. The summed E-state index contributed by atoms with van der Waals surface area (Å²) in [5, 5.41) is 19.7. The van der Waals surface area contributed by atoms with Gasteiger partial charge in [-0.2, -0.15) is 10.5 Å². The van der Waals surface area contributed by atoms with Crippen LogP contribution in [0.2, 0.25) is 0 Å². The normalized spacial score (nSPS) is 22.5. The highest BCUT2D eigenvalue weighted by Crippen LogP contribution is 2.46. The summed E-state index contributed by atoms with van der Waals surface area (Å²) in [4.78, 5) is 5.69. The van der Waals surface area contributed by atoms with Crippen molar-refractivity contribution in [2.24, 2.45) is 17.4 Å². The van der Waals surface area contributed by atoms with Crippen molar-refractivity contribution in [1.82, 2.24) is 4.98 Å². The number of hydrogen-bond acceptors (Lipinski definition) is 9. The molecule has 0 saturated heterocycles. The Morgan fingerprint density at radius 3 is 2.52 bits per heavy atom. The fourth-order valence-electron chi connectivity index (χ4n) is 3.15. The van der Waals surface area contributed by atoms with Crippen molar-refractivity contribution in [3.05, 3.63) is 46.0 Å². The quantitative estimate of drug-likeness (QED) is 0.762. The number of pyridine rings is 1. The Hall–Kier alpha value is -3.11. The Balaban J connectivity index is 2.30. The average molecular weight is 383 g/mol. The molecule has 0 radical (unpaired) electrons. The van der Waals surface area contributed by atoms with Gasteiger partial charge in [-0.1, -0.05) is 0 Å². The topological polar surface area (TPSA) is 140 Å². The first kappa shape index (κ1) is 18.7. The zero-order valence-corrected chi connectivity index (χ0v) is 15.8. The lowest BCUT2D eigenvalue weighted by molar-refractivity contribution is -0.0379. The minimum absolute atomic E-state index is 0.145. The van der Waals surface area contributed by atoms with Crippen molar-refractivity contribution in [3.8, 4) is 12.1 Å². The van der Waals surface area contributed by atoms with Crippen LogP contribution in [0.3, 0.4) is 0 Å². The van der Waals surface area contributed by atoms with E-state index < -0.39 is 11.6 Å². The smallest absolute Gasteiger partial charge is 0.198 e. The van der Waals surface area contributed by atoms with Crippen LogP contribution in [-0.4, -0.2) is 32.0 Å². The van der Waals surface area contributed by atoms with E-state index in [0.717, 1.165) is 5.39 Å². The maximum atomic E-state index is 9.86. The fraction of sp³-hybridized carbons (Fsp3) is 0.278. The molecule has 8 nitrogen and oxygen atoms in total. The number of fused-ring (bicyclic) bond motifs is 1. The number of nitrogens with zero attached hydrogens (tertiary/aromatic N) is 3. The lowest BCUT2D eigenvalue weighted by Gasteiger charge is -2.39. The van der Waals surface area contributed by atoms with E-state index in [4.69, 9.17) is 30.9 Å². The summed E-state index contributed by atoms with van der Waals surface area (Å²) in [6.45, 7) is 0. The number of nitrogens with two attached hydrogens (primary N) is 2. The highest BCUT2D eigenvalue weighted by molar-refractivity contribution is 7.19. The zero-order valence-electron chi connectivity index (χ0n) is 14.9. The van der Waals surface area contributed by atoms with Crippen molar-refractivity contribution < 1.29 is 14.2 Å². The lowest BCUT2D eigenvalue weighted by Crippen LogP contribution is -2.54. The number of aromatic nitrogens is 1. The van der Waals surface area contributed by atoms with Gasteiger partial charge in [0.2, 0.25) is 0 Å². The van der Waals surface area contributed by atoms with Crippen LogP contribution in [0.4, 0.5) is 0 Å². The van der Waals surface area contributed by atoms with Crippen LogP contribution in [0.1, 0.15) is 10.4 Å². The Labute approximate surface area is 159 Å². The highest BCUT2D eigenvalue weighted by Gasteiger charge is 2.50. The van der Waals surface area contributed by atoms with Crippen molar-refractivity contribution in [2.45, 2.75) is 5.72 Å². The van der Waals surface area contributed by atoms with Gasteiger partial charge in [-0.3, -0.25) is 5.73 Å². The van der Waals surface area contributed by atoms with E-state index in [1.807, 2.05) is 6.07 Å². The minimum Gasteiger partial charge on any atom is -0.493 e. The zero-order chi connectivity index (χ0) is 19.8. The molecule has 138 valence electrons. The molecule has 9 heteroatoms. The van der Waals surface area contributed by atoms with Crippen LogP contribution in [0.15, 0.2) is 35.5 Å². The van der Waals surface area contributed by atoms with Gasteiger partial charge in [-0.25, -0.2) is 4.98 Å².